The zero-order chi connectivity index (χ0) is 28.0. The van der Waals surface area contributed by atoms with Gasteiger partial charge >= 0.3 is 0 Å². The van der Waals surface area contributed by atoms with Crippen molar-refractivity contribution in [3.8, 4) is 11.1 Å². The quantitative estimate of drug-likeness (QED) is 0.234. The fraction of sp³-hybridized carbons (Fsp3) is 0.233. The second-order valence-electron chi connectivity index (χ2n) is 10.5. The summed E-state index contributed by atoms with van der Waals surface area (Å²) in [5, 5.41) is 2.99. The molecule has 1 amide bonds. The van der Waals surface area contributed by atoms with E-state index < -0.39 is 0 Å². The predicted molar refractivity (Wildman–Crippen MR) is 155 cm³/mol. The van der Waals surface area contributed by atoms with Crippen LogP contribution < -0.4 is 16.0 Å². The average Bonchev–Trinajstić information content (AvgIpc) is 3.30. The zero-order valence-electron chi connectivity index (χ0n) is 22.8. The standard InChI is InChI=1S/C30H30N8O2/c1-16(2)7-20(34-30(39)17(3)4)8-19(10-31)23-9-21-25(13-33-23)38-14-26(38)36-28(21)29-35-24-12-32-11-22(27(24)37-29)18-5-6-40-15-18/h5-13,15,17,26H,14,31H2,1-4H3,(H,34,39)(H,35,37)/b19-10+,20-8+. The fourth-order valence-corrected chi connectivity index (χ4v) is 4.69. The molecule has 4 aromatic rings. The highest BCUT2D eigenvalue weighted by Crippen LogP contribution is 2.39. The van der Waals surface area contributed by atoms with Crippen molar-refractivity contribution < 1.29 is 9.21 Å². The van der Waals surface area contributed by atoms with Crippen LogP contribution in [0.2, 0.25) is 0 Å². The van der Waals surface area contributed by atoms with Gasteiger partial charge in [-0.1, -0.05) is 19.4 Å². The number of nitrogens with two attached hydrogens (primary N) is 1. The first-order valence-electron chi connectivity index (χ1n) is 13.1. The molecule has 4 aromatic heterocycles. The lowest BCUT2D eigenvalue weighted by Crippen LogP contribution is -2.26. The van der Waals surface area contributed by atoms with E-state index in [0.29, 0.717) is 22.8 Å². The molecule has 40 heavy (non-hydrogen) atoms. The molecule has 2 aliphatic rings. The topological polar surface area (TPSA) is 138 Å². The third kappa shape index (κ3) is 4.68. The van der Waals surface area contributed by atoms with Gasteiger partial charge in [0.1, 0.15) is 17.4 Å². The van der Waals surface area contributed by atoms with Crippen LogP contribution in [0.4, 0.5) is 5.69 Å². The van der Waals surface area contributed by atoms with Crippen LogP contribution in [0.3, 0.4) is 0 Å². The molecule has 10 heteroatoms. The Labute approximate surface area is 231 Å². The number of fused-ring (bicyclic) bond motifs is 4. The lowest BCUT2D eigenvalue weighted by molar-refractivity contribution is -0.123. The number of rotatable bonds is 7. The van der Waals surface area contributed by atoms with Crippen LogP contribution in [0.5, 0.6) is 0 Å². The summed E-state index contributed by atoms with van der Waals surface area (Å²) < 4.78 is 5.29. The largest absolute Gasteiger partial charge is 0.472 e. The van der Waals surface area contributed by atoms with Crippen LogP contribution in [0.1, 0.15) is 44.8 Å². The second kappa shape index (κ2) is 9.96. The summed E-state index contributed by atoms with van der Waals surface area (Å²) in [4.78, 5) is 37.1. The number of carbonyl (C=O) groups excluding carboxylic acids is 1. The Kier molecular flexibility index (Phi) is 6.30. The van der Waals surface area contributed by atoms with E-state index in [9.17, 15) is 4.79 Å². The molecule has 6 heterocycles. The van der Waals surface area contributed by atoms with Gasteiger partial charge in [-0.15, -0.1) is 0 Å². The Bertz CT molecular complexity index is 1740. The highest BCUT2D eigenvalue weighted by molar-refractivity contribution is 6.17. The number of aliphatic imine (C=N–C) groups is 1. The first kappa shape index (κ1) is 25.3. The third-order valence-corrected chi connectivity index (χ3v) is 6.78. The normalized spacial score (nSPS) is 16.5. The maximum Gasteiger partial charge on any atom is 0.226 e. The molecule has 6 rings (SSSR count). The number of aromatic nitrogens is 4. The molecule has 1 fully saturated rings. The van der Waals surface area contributed by atoms with Gasteiger partial charge in [0.05, 0.1) is 48.4 Å². The summed E-state index contributed by atoms with van der Waals surface area (Å²) in [6.45, 7) is 8.48. The number of carbonyl (C=O) groups is 1. The van der Waals surface area contributed by atoms with Gasteiger partial charge in [-0.05, 0) is 38.1 Å². The summed E-state index contributed by atoms with van der Waals surface area (Å²) in [6.07, 6.45) is 14.0. The fourth-order valence-electron chi connectivity index (χ4n) is 4.69. The molecule has 0 spiro atoms. The van der Waals surface area contributed by atoms with Crippen molar-refractivity contribution in [1.82, 2.24) is 25.3 Å². The van der Waals surface area contributed by atoms with Crippen molar-refractivity contribution in [1.29, 1.82) is 0 Å². The van der Waals surface area contributed by atoms with Gasteiger partial charge in [-0.25, -0.2) is 4.98 Å². The van der Waals surface area contributed by atoms with E-state index >= 15 is 0 Å². The van der Waals surface area contributed by atoms with Crippen molar-refractivity contribution in [3.63, 3.8) is 0 Å². The molecular weight excluding hydrogens is 504 g/mol. The molecule has 1 saturated heterocycles. The van der Waals surface area contributed by atoms with E-state index in [2.05, 4.69) is 20.2 Å². The van der Waals surface area contributed by atoms with Crippen molar-refractivity contribution in [2.75, 3.05) is 11.4 Å². The van der Waals surface area contributed by atoms with E-state index in [0.717, 1.165) is 51.2 Å². The first-order chi connectivity index (χ1) is 19.3. The van der Waals surface area contributed by atoms with Crippen LogP contribution in [-0.4, -0.2) is 44.3 Å². The number of nitrogens with zero attached hydrogens (tertiary/aromatic N) is 5. The maximum atomic E-state index is 12.5. The van der Waals surface area contributed by atoms with Gasteiger partial charge < -0.3 is 25.4 Å². The van der Waals surface area contributed by atoms with Crippen molar-refractivity contribution >= 4 is 33.9 Å². The Balaban J connectivity index is 1.41. The van der Waals surface area contributed by atoms with Gasteiger partial charge in [-0.2, -0.15) is 0 Å². The summed E-state index contributed by atoms with van der Waals surface area (Å²) in [5.41, 5.74) is 15.1. The van der Waals surface area contributed by atoms with Gasteiger partial charge in [0.25, 0.3) is 0 Å². The molecule has 0 bridgehead atoms. The molecule has 0 aliphatic carbocycles. The average molecular weight is 535 g/mol. The number of H-pyrrole nitrogens is 1. The minimum Gasteiger partial charge on any atom is -0.472 e. The highest BCUT2D eigenvalue weighted by atomic mass is 16.3. The Morgan fingerprint density at radius 2 is 2.08 bits per heavy atom. The number of imidazole rings is 1. The maximum absolute atomic E-state index is 12.5. The number of aromatic amines is 1. The van der Waals surface area contributed by atoms with E-state index in [4.69, 9.17) is 25.1 Å². The van der Waals surface area contributed by atoms with Crippen LogP contribution in [0.15, 0.2) is 82.3 Å². The van der Waals surface area contributed by atoms with Crippen LogP contribution in [0.25, 0.3) is 27.7 Å². The molecule has 1 atom stereocenters. The number of nitrogens with one attached hydrogen (secondary N) is 2. The van der Waals surface area contributed by atoms with Crippen molar-refractivity contribution in [2.45, 2.75) is 33.9 Å². The Morgan fingerprint density at radius 3 is 2.80 bits per heavy atom. The minimum absolute atomic E-state index is 0.0646. The number of anilines is 1. The first-order valence-corrected chi connectivity index (χ1v) is 13.1. The Morgan fingerprint density at radius 1 is 1.23 bits per heavy atom. The van der Waals surface area contributed by atoms with Crippen molar-refractivity contribution in [2.24, 2.45) is 16.6 Å². The predicted octanol–water partition coefficient (Wildman–Crippen LogP) is 4.53. The summed E-state index contributed by atoms with van der Waals surface area (Å²) >= 11 is 0. The molecule has 4 N–H and O–H groups in total. The molecular formula is C30H30N8O2. The SMILES string of the molecule is CC(C)=C/C(=C\C(=C/N)c1cc2c(cn1)N1CC1N=C2c1nc2c(-c3ccoc3)cncc2[nH]1)NC(=O)C(C)C. The summed E-state index contributed by atoms with van der Waals surface area (Å²) in [6, 6.07) is 3.87. The molecule has 10 nitrogen and oxygen atoms in total. The van der Waals surface area contributed by atoms with Gasteiger partial charge in [0.2, 0.25) is 5.91 Å². The summed E-state index contributed by atoms with van der Waals surface area (Å²) in [7, 11) is 0. The summed E-state index contributed by atoms with van der Waals surface area (Å²) in [5.74, 6) is 0.420. The molecule has 0 radical (unpaired) electrons. The third-order valence-electron chi connectivity index (χ3n) is 6.78. The number of amides is 1. The van der Waals surface area contributed by atoms with Gasteiger partial charge in [0.15, 0.2) is 5.82 Å². The Hall–Kier alpha value is -4.99. The second-order valence-corrected chi connectivity index (χ2v) is 10.5. The number of hydrogen-bond acceptors (Lipinski definition) is 8. The monoisotopic (exact) mass is 534 g/mol. The molecule has 1 unspecified atom stereocenters. The molecule has 0 aromatic carbocycles. The van der Waals surface area contributed by atoms with Crippen molar-refractivity contribution in [3.05, 3.63) is 90.0 Å². The van der Waals surface area contributed by atoms with Gasteiger partial charge in [0, 0.05) is 46.3 Å². The van der Waals surface area contributed by atoms with Crippen LogP contribution in [0, 0.1) is 5.92 Å². The molecule has 2 aliphatic heterocycles. The number of allylic oxidation sites excluding steroid dienone is 4. The smallest absolute Gasteiger partial charge is 0.226 e. The molecule has 202 valence electrons. The number of hydrogen-bond donors (Lipinski definition) is 3. The van der Waals surface area contributed by atoms with Crippen LogP contribution in [-0.2, 0) is 4.79 Å². The van der Waals surface area contributed by atoms with E-state index in [1.807, 2.05) is 58.2 Å². The van der Waals surface area contributed by atoms with E-state index in [1.165, 1.54) is 6.20 Å². The van der Waals surface area contributed by atoms with E-state index in [-0.39, 0.29) is 18.0 Å². The number of furan rings is 1. The lowest BCUT2D eigenvalue weighted by atomic mass is 10.0. The lowest BCUT2D eigenvalue weighted by Gasteiger charge is -2.18. The highest BCUT2D eigenvalue weighted by Gasteiger charge is 2.41. The number of pyridine rings is 2. The minimum atomic E-state index is -0.159. The van der Waals surface area contributed by atoms with E-state index in [1.54, 1.807) is 24.9 Å². The molecule has 0 saturated carbocycles. The zero-order valence-corrected chi connectivity index (χ0v) is 22.8. The van der Waals surface area contributed by atoms with Gasteiger partial charge in [-0.3, -0.25) is 19.8 Å². The van der Waals surface area contributed by atoms with Crippen LogP contribution >= 0.6 is 0 Å².